The lowest BCUT2D eigenvalue weighted by Gasteiger charge is -2.07. The molecule has 102 valence electrons. The van der Waals surface area contributed by atoms with Crippen LogP contribution >= 0.6 is 0 Å². The zero-order valence-corrected chi connectivity index (χ0v) is 10.6. The van der Waals surface area contributed by atoms with Gasteiger partial charge in [-0.05, 0) is 19.1 Å². The monoisotopic (exact) mass is 276 g/mol. The molecule has 0 aliphatic carbocycles. The lowest BCUT2D eigenvalue weighted by molar-refractivity contribution is 0.507. The standard InChI is InChI=1S/C14H10F2N2O2/c1-2-3-6-17-7-8-18(14(20)13(17)19)10-4-5-11(15)12(16)9-10/h4-5,7-9H,6H2,1H3. The summed E-state index contributed by atoms with van der Waals surface area (Å²) in [4.78, 5) is 23.7. The van der Waals surface area contributed by atoms with Gasteiger partial charge in [-0.2, -0.15) is 0 Å². The van der Waals surface area contributed by atoms with Crippen molar-refractivity contribution in [2.45, 2.75) is 13.5 Å². The molecule has 1 aromatic carbocycles. The van der Waals surface area contributed by atoms with Crippen LogP contribution in [-0.4, -0.2) is 9.13 Å². The third kappa shape index (κ3) is 2.52. The van der Waals surface area contributed by atoms with Gasteiger partial charge >= 0.3 is 11.1 Å². The van der Waals surface area contributed by atoms with Crippen molar-refractivity contribution in [3.8, 4) is 17.5 Å². The van der Waals surface area contributed by atoms with Crippen LogP contribution in [0.4, 0.5) is 8.78 Å². The summed E-state index contributed by atoms with van der Waals surface area (Å²) in [6.07, 6.45) is 2.68. The molecule has 0 fully saturated rings. The molecule has 0 bridgehead atoms. The van der Waals surface area contributed by atoms with E-state index in [2.05, 4.69) is 11.8 Å². The molecule has 0 radical (unpaired) electrons. The van der Waals surface area contributed by atoms with Gasteiger partial charge in [0.2, 0.25) is 0 Å². The van der Waals surface area contributed by atoms with Gasteiger partial charge in [-0.15, -0.1) is 5.92 Å². The molecule has 1 aromatic heterocycles. The molecule has 0 spiro atoms. The van der Waals surface area contributed by atoms with Gasteiger partial charge in [0.15, 0.2) is 11.6 Å². The first-order valence-corrected chi connectivity index (χ1v) is 5.71. The summed E-state index contributed by atoms with van der Waals surface area (Å²) in [6.45, 7) is 1.72. The van der Waals surface area contributed by atoms with Crippen LogP contribution in [0.25, 0.3) is 5.69 Å². The van der Waals surface area contributed by atoms with Crippen LogP contribution in [0.5, 0.6) is 0 Å². The van der Waals surface area contributed by atoms with Gasteiger partial charge in [0.05, 0.1) is 12.2 Å². The second kappa shape index (κ2) is 5.53. The summed E-state index contributed by atoms with van der Waals surface area (Å²) >= 11 is 0. The number of hydrogen-bond donors (Lipinski definition) is 0. The molecule has 0 saturated carbocycles. The zero-order chi connectivity index (χ0) is 14.7. The van der Waals surface area contributed by atoms with E-state index >= 15 is 0 Å². The molecule has 0 N–H and O–H groups in total. The Morgan fingerprint density at radius 3 is 2.50 bits per heavy atom. The maximum atomic E-state index is 13.2. The maximum Gasteiger partial charge on any atom is 0.321 e. The number of halogens is 2. The van der Waals surface area contributed by atoms with Crippen LogP contribution in [0.15, 0.2) is 40.2 Å². The molecule has 0 aliphatic heterocycles. The number of rotatable bonds is 2. The Morgan fingerprint density at radius 2 is 1.85 bits per heavy atom. The summed E-state index contributed by atoms with van der Waals surface area (Å²) in [7, 11) is 0. The molecule has 0 saturated heterocycles. The Labute approximate surface area is 112 Å². The van der Waals surface area contributed by atoms with Gasteiger partial charge in [0, 0.05) is 18.5 Å². The van der Waals surface area contributed by atoms with Gasteiger partial charge in [-0.1, -0.05) is 5.92 Å². The van der Waals surface area contributed by atoms with E-state index in [0.717, 1.165) is 21.3 Å². The minimum Gasteiger partial charge on any atom is -0.298 e. The smallest absolute Gasteiger partial charge is 0.298 e. The van der Waals surface area contributed by atoms with E-state index in [0.29, 0.717) is 0 Å². The van der Waals surface area contributed by atoms with Crippen LogP contribution in [0.3, 0.4) is 0 Å². The van der Waals surface area contributed by atoms with Crippen molar-refractivity contribution >= 4 is 0 Å². The molecule has 0 aliphatic rings. The molecule has 1 heterocycles. The van der Waals surface area contributed by atoms with Crippen LogP contribution in [0.2, 0.25) is 0 Å². The van der Waals surface area contributed by atoms with E-state index < -0.39 is 22.8 Å². The topological polar surface area (TPSA) is 44.0 Å². The molecule has 0 amide bonds. The Kier molecular flexibility index (Phi) is 3.80. The van der Waals surface area contributed by atoms with E-state index in [1.165, 1.54) is 18.5 Å². The highest BCUT2D eigenvalue weighted by Gasteiger charge is 2.08. The Hall–Kier alpha value is -2.68. The lowest BCUT2D eigenvalue weighted by atomic mass is 10.3. The van der Waals surface area contributed by atoms with E-state index in [9.17, 15) is 18.4 Å². The fraction of sp³-hybridized carbons (Fsp3) is 0.143. The Bertz CT molecular complexity index is 826. The van der Waals surface area contributed by atoms with Crippen molar-refractivity contribution in [1.82, 2.24) is 9.13 Å². The molecule has 4 nitrogen and oxygen atoms in total. The highest BCUT2D eigenvalue weighted by molar-refractivity contribution is 5.32. The maximum absolute atomic E-state index is 13.2. The SMILES string of the molecule is CC#CCn1ccn(-c2ccc(F)c(F)c2)c(=O)c1=O. The first-order valence-electron chi connectivity index (χ1n) is 5.71. The molecular formula is C14H10F2N2O2. The average Bonchev–Trinajstić information content (AvgIpc) is 2.44. The van der Waals surface area contributed by atoms with Gasteiger partial charge in [-0.3, -0.25) is 18.7 Å². The number of nitrogens with zero attached hydrogens (tertiary/aromatic N) is 2. The second-order valence-electron chi connectivity index (χ2n) is 3.93. The summed E-state index contributed by atoms with van der Waals surface area (Å²) in [6, 6.07) is 2.97. The normalized spacial score (nSPS) is 9.95. The predicted molar refractivity (Wildman–Crippen MR) is 69.7 cm³/mol. The first kappa shape index (κ1) is 13.7. The summed E-state index contributed by atoms with van der Waals surface area (Å²) in [5.74, 6) is 3.17. The van der Waals surface area contributed by atoms with E-state index in [1.807, 2.05) is 0 Å². The molecule has 6 heteroatoms. The van der Waals surface area contributed by atoms with Crippen molar-refractivity contribution < 1.29 is 8.78 Å². The van der Waals surface area contributed by atoms with Crippen molar-refractivity contribution in [3.05, 3.63) is 62.9 Å². The average molecular weight is 276 g/mol. The van der Waals surface area contributed by atoms with Gasteiger partial charge in [0.25, 0.3) is 0 Å². The summed E-state index contributed by atoms with van der Waals surface area (Å²) in [5, 5.41) is 0. The van der Waals surface area contributed by atoms with Crippen LogP contribution in [0.1, 0.15) is 6.92 Å². The molecule has 2 rings (SSSR count). The molecule has 0 atom stereocenters. The Morgan fingerprint density at radius 1 is 1.10 bits per heavy atom. The van der Waals surface area contributed by atoms with Gasteiger partial charge in [-0.25, -0.2) is 8.78 Å². The van der Waals surface area contributed by atoms with Gasteiger partial charge in [0.1, 0.15) is 0 Å². The highest BCUT2D eigenvalue weighted by atomic mass is 19.2. The third-order valence-corrected chi connectivity index (χ3v) is 2.67. The lowest BCUT2D eigenvalue weighted by Crippen LogP contribution is -2.39. The number of aromatic nitrogens is 2. The fourth-order valence-corrected chi connectivity index (χ4v) is 1.64. The molecular weight excluding hydrogens is 266 g/mol. The number of benzene rings is 1. The minimum absolute atomic E-state index is 0.0831. The first-order chi connectivity index (χ1) is 9.54. The molecule has 2 aromatic rings. The Balaban J connectivity index is 2.56. The fourth-order valence-electron chi connectivity index (χ4n) is 1.64. The number of hydrogen-bond acceptors (Lipinski definition) is 2. The van der Waals surface area contributed by atoms with Crippen molar-refractivity contribution in [1.29, 1.82) is 0 Å². The third-order valence-electron chi connectivity index (χ3n) is 2.67. The highest BCUT2D eigenvalue weighted by Crippen LogP contribution is 2.10. The molecule has 20 heavy (non-hydrogen) atoms. The van der Waals surface area contributed by atoms with E-state index in [4.69, 9.17) is 0 Å². The predicted octanol–water partition coefficient (Wildman–Crippen LogP) is 1.30. The summed E-state index contributed by atoms with van der Waals surface area (Å²) in [5.41, 5.74) is -1.55. The van der Waals surface area contributed by atoms with Crippen LogP contribution in [0, 0.1) is 23.5 Å². The van der Waals surface area contributed by atoms with Crippen LogP contribution in [-0.2, 0) is 6.54 Å². The quantitative estimate of drug-likeness (QED) is 0.613. The van der Waals surface area contributed by atoms with E-state index in [-0.39, 0.29) is 12.2 Å². The van der Waals surface area contributed by atoms with Gasteiger partial charge < -0.3 is 0 Å². The van der Waals surface area contributed by atoms with Crippen LogP contribution < -0.4 is 11.1 Å². The van der Waals surface area contributed by atoms with E-state index in [1.54, 1.807) is 6.92 Å². The van der Waals surface area contributed by atoms with Crippen molar-refractivity contribution in [2.75, 3.05) is 0 Å². The second-order valence-corrected chi connectivity index (χ2v) is 3.93. The largest absolute Gasteiger partial charge is 0.321 e. The summed E-state index contributed by atoms with van der Waals surface area (Å²) < 4.78 is 28.1. The zero-order valence-electron chi connectivity index (χ0n) is 10.6. The molecule has 0 unspecified atom stereocenters. The minimum atomic E-state index is -1.09. The van der Waals surface area contributed by atoms with Crippen molar-refractivity contribution in [3.63, 3.8) is 0 Å². The van der Waals surface area contributed by atoms with Crippen molar-refractivity contribution in [2.24, 2.45) is 0 Å².